The Morgan fingerprint density at radius 1 is 1.24 bits per heavy atom. The highest BCUT2D eigenvalue weighted by atomic mass is 35.5. The van der Waals surface area contributed by atoms with Crippen LogP contribution in [0.3, 0.4) is 0 Å². The lowest BCUT2D eigenvalue weighted by atomic mass is 9.96. The van der Waals surface area contributed by atoms with Crippen molar-refractivity contribution >= 4 is 34.9 Å². The highest BCUT2D eigenvalue weighted by Gasteiger charge is 2.24. The van der Waals surface area contributed by atoms with E-state index < -0.39 is 11.8 Å². The van der Waals surface area contributed by atoms with Crippen molar-refractivity contribution in [3.63, 3.8) is 0 Å². The van der Waals surface area contributed by atoms with Gasteiger partial charge in [0.25, 0.3) is 0 Å². The van der Waals surface area contributed by atoms with Crippen molar-refractivity contribution in [1.82, 2.24) is 15.3 Å². The van der Waals surface area contributed by atoms with Crippen molar-refractivity contribution < 1.29 is 9.59 Å². The van der Waals surface area contributed by atoms with Crippen LogP contribution in [0, 0.1) is 24.2 Å². The van der Waals surface area contributed by atoms with E-state index in [-0.39, 0.29) is 5.92 Å². The molecule has 0 bridgehead atoms. The van der Waals surface area contributed by atoms with Gasteiger partial charge in [-0.25, -0.2) is 9.97 Å². The second kappa shape index (κ2) is 9.34. The highest BCUT2D eigenvalue weighted by Crippen LogP contribution is 2.23. The summed E-state index contributed by atoms with van der Waals surface area (Å²) in [6.45, 7) is 3.66. The Labute approximate surface area is 173 Å². The molecule has 2 amide bonds. The fourth-order valence-corrected chi connectivity index (χ4v) is 3.39. The van der Waals surface area contributed by atoms with Gasteiger partial charge in [-0.15, -0.1) is 0 Å². The lowest BCUT2D eigenvalue weighted by Gasteiger charge is -2.32. The first-order valence-electron chi connectivity index (χ1n) is 9.29. The van der Waals surface area contributed by atoms with Gasteiger partial charge in [0.2, 0.25) is 0 Å². The molecule has 0 atom stereocenters. The molecule has 1 aliphatic heterocycles. The van der Waals surface area contributed by atoms with Crippen LogP contribution in [0.15, 0.2) is 30.6 Å². The Bertz CT molecular complexity index is 950. The van der Waals surface area contributed by atoms with Crippen molar-refractivity contribution in [3.05, 3.63) is 46.9 Å². The molecule has 0 unspecified atom stereocenters. The third kappa shape index (κ3) is 5.21. The monoisotopic (exact) mass is 412 g/mol. The molecule has 1 aliphatic rings. The first kappa shape index (κ1) is 20.6. The molecular formula is C20H21ClN6O2. The topological polar surface area (TPSA) is 111 Å². The van der Waals surface area contributed by atoms with E-state index in [1.54, 1.807) is 24.4 Å². The maximum Gasteiger partial charge on any atom is 0.313 e. The Balaban J connectivity index is 1.47. The molecule has 2 heterocycles. The minimum absolute atomic E-state index is 0.248. The number of nitriles is 1. The van der Waals surface area contributed by atoms with E-state index in [1.807, 2.05) is 11.8 Å². The van der Waals surface area contributed by atoms with Crippen LogP contribution in [0.5, 0.6) is 0 Å². The van der Waals surface area contributed by atoms with Gasteiger partial charge in [0.15, 0.2) is 11.5 Å². The van der Waals surface area contributed by atoms with Gasteiger partial charge in [-0.1, -0.05) is 17.7 Å². The van der Waals surface area contributed by atoms with Gasteiger partial charge < -0.3 is 15.5 Å². The number of halogens is 1. The molecule has 3 rings (SSSR count). The van der Waals surface area contributed by atoms with Crippen LogP contribution >= 0.6 is 11.6 Å². The number of amides is 2. The van der Waals surface area contributed by atoms with E-state index >= 15 is 0 Å². The zero-order chi connectivity index (χ0) is 20.8. The number of anilines is 2. The number of nitrogens with one attached hydrogen (secondary N) is 2. The van der Waals surface area contributed by atoms with Gasteiger partial charge >= 0.3 is 11.8 Å². The number of carbonyl (C=O) groups excluding carboxylic acids is 2. The van der Waals surface area contributed by atoms with Crippen LogP contribution < -0.4 is 15.5 Å². The van der Waals surface area contributed by atoms with E-state index in [0.717, 1.165) is 18.4 Å². The zero-order valence-electron chi connectivity index (χ0n) is 16.0. The SMILES string of the molecule is Cc1ccc(Cl)cc1NC(=O)C(=O)NCC1CCN(c2nccnc2C#N)CC1. The summed E-state index contributed by atoms with van der Waals surface area (Å²) in [6, 6.07) is 7.17. The van der Waals surface area contributed by atoms with Crippen LogP contribution in [-0.4, -0.2) is 41.4 Å². The Morgan fingerprint density at radius 3 is 2.69 bits per heavy atom. The molecule has 0 spiro atoms. The molecule has 1 aromatic carbocycles. The number of hydrogen-bond acceptors (Lipinski definition) is 6. The maximum atomic E-state index is 12.1. The van der Waals surface area contributed by atoms with Crippen LogP contribution in [-0.2, 0) is 9.59 Å². The zero-order valence-corrected chi connectivity index (χ0v) is 16.7. The molecular weight excluding hydrogens is 392 g/mol. The third-order valence-electron chi connectivity index (χ3n) is 4.90. The normalized spacial score (nSPS) is 14.2. The summed E-state index contributed by atoms with van der Waals surface area (Å²) in [4.78, 5) is 34.6. The Morgan fingerprint density at radius 2 is 1.97 bits per heavy atom. The molecule has 2 N–H and O–H groups in total. The number of hydrogen-bond donors (Lipinski definition) is 2. The van der Waals surface area contributed by atoms with Crippen LogP contribution in [0.1, 0.15) is 24.1 Å². The molecule has 1 saturated heterocycles. The summed E-state index contributed by atoms with van der Waals surface area (Å²) >= 11 is 5.94. The summed E-state index contributed by atoms with van der Waals surface area (Å²) in [5.41, 5.74) is 1.65. The summed E-state index contributed by atoms with van der Waals surface area (Å²) in [6.07, 6.45) is 4.70. The summed E-state index contributed by atoms with van der Waals surface area (Å²) in [5.74, 6) is -0.551. The Kier molecular flexibility index (Phi) is 6.62. The molecule has 1 aromatic heterocycles. The van der Waals surface area contributed by atoms with Crippen molar-refractivity contribution in [1.29, 1.82) is 5.26 Å². The molecule has 8 nitrogen and oxygen atoms in total. The number of nitrogens with zero attached hydrogens (tertiary/aromatic N) is 4. The number of piperidine rings is 1. The fourth-order valence-electron chi connectivity index (χ4n) is 3.22. The average molecular weight is 413 g/mol. The highest BCUT2D eigenvalue weighted by molar-refractivity contribution is 6.40. The minimum Gasteiger partial charge on any atom is -0.354 e. The number of carbonyl (C=O) groups is 2. The second-order valence-corrected chi connectivity index (χ2v) is 7.33. The number of rotatable bonds is 4. The first-order valence-corrected chi connectivity index (χ1v) is 9.67. The van der Waals surface area contributed by atoms with Gasteiger partial charge in [-0.2, -0.15) is 5.26 Å². The number of benzene rings is 1. The second-order valence-electron chi connectivity index (χ2n) is 6.89. The van der Waals surface area contributed by atoms with Gasteiger partial charge in [0.05, 0.1) is 0 Å². The van der Waals surface area contributed by atoms with E-state index in [1.165, 1.54) is 6.20 Å². The molecule has 150 valence electrons. The van der Waals surface area contributed by atoms with Crippen molar-refractivity contribution in [2.75, 3.05) is 29.9 Å². The average Bonchev–Trinajstić information content (AvgIpc) is 2.74. The van der Waals surface area contributed by atoms with Gasteiger partial charge in [-0.3, -0.25) is 9.59 Å². The lowest BCUT2D eigenvalue weighted by molar-refractivity contribution is -0.136. The van der Waals surface area contributed by atoms with Crippen LogP contribution in [0.4, 0.5) is 11.5 Å². The predicted octanol–water partition coefficient (Wildman–Crippen LogP) is 2.28. The summed E-state index contributed by atoms with van der Waals surface area (Å²) < 4.78 is 0. The molecule has 29 heavy (non-hydrogen) atoms. The smallest absolute Gasteiger partial charge is 0.313 e. The molecule has 0 saturated carbocycles. The molecule has 9 heteroatoms. The molecule has 0 aliphatic carbocycles. The van der Waals surface area contributed by atoms with Crippen LogP contribution in [0.25, 0.3) is 0 Å². The minimum atomic E-state index is -0.717. The predicted molar refractivity (Wildman–Crippen MR) is 110 cm³/mol. The molecule has 2 aromatic rings. The number of aryl methyl sites for hydroxylation is 1. The quantitative estimate of drug-likeness (QED) is 0.745. The first-order chi connectivity index (χ1) is 14.0. The summed E-state index contributed by atoms with van der Waals surface area (Å²) in [5, 5.41) is 14.9. The number of aromatic nitrogens is 2. The third-order valence-corrected chi connectivity index (χ3v) is 5.14. The van der Waals surface area contributed by atoms with Crippen molar-refractivity contribution in [2.24, 2.45) is 5.92 Å². The van der Waals surface area contributed by atoms with Gasteiger partial charge in [0, 0.05) is 42.7 Å². The summed E-state index contributed by atoms with van der Waals surface area (Å²) in [7, 11) is 0. The van der Waals surface area contributed by atoms with E-state index in [2.05, 4.69) is 26.7 Å². The molecule has 0 radical (unpaired) electrons. The lowest BCUT2D eigenvalue weighted by Crippen LogP contribution is -2.42. The van der Waals surface area contributed by atoms with Crippen molar-refractivity contribution in [3.8, 4) is 6.07 Å². The largest absolute Gasteiger partial charge is 0.354 e. The van der Waals surface area contributed by atoms with E-state index in [0.29, 0.717) is 41.9 Å². The van der Waals surface area contributed by atoms with E-state index in [4.69, 9.17) is 16.9 Å². The fraction of sp³-hybridized carbons (Fsp3) is 0.350. The van der Waals surface area contributed by atoms with Crippen molar-refractivity contribution in [2.45, 2.75) is 19.8 Å². The van der Waals surface area contributed by atoms with Crippen LogP contribution in [0.2, 0.25) is 5.02 Å². The van der Waals surface area contributed by atoms with E-state index in [9.17, 15) is 9.59 Å². The van der Waals surface area contributed by atoms with Gasteiger partial charge in [0.1, 0.15) is 6.07 Å². The Hall–Kier alpha value is -3.18. The standard InChI is InChI=1S/C20H21ClN6O2/c1-13-2-3-15(21)10-16(13)26-20(29)19(28)25-12-14-4-8-27(9-5-14)18-17(11-22)23-6-7-24-18/h2-3,6-7,10,14H,4-5,8-9,12H2,1H3,(H,25,28)(H,26,29). The van der Waals surface area contributed by atoms with Gasteiger partial charge in [-0.05, 0) is 43.4 Å². The maximum absolute atomic E-state index is 12.1. The molecule has 1 fully saturated rings.